The van der Waals surface area contributed by atoms with Gasteiger partial charge in [-0.2, -0.15) is 0 Å². The first kappa shape index (κ1) is 12.2. The van der Waals surface area contributed by atoms with Crippen LogP contribution in [0.2, 0.25) is 0 Å². The molecule has 0 N–H and O–H groups in total. The van der Waals surface area contributed by atoms with Gasteiger partial charge in [-0.1, -0.05) is 30.8 Å². The van der Waals surface area contributed by atoms with Crippen molar-refractivity contribution in [2.75, 3.05) is 13.3 Å². The molecule has 2 heterocycles. The maximum absolute atomic E-state index is 5.83. The van der Waals surface area contributed by atoms with Crippen LogP contribution in [0, 0.1) is 0 Å². The van der Waals surface area contributed by atoms with Crippen molar-refractivity contribution in [2.24, 2.45) is 0 Å². The highest BCUT2D eigenvalue weighted by molar-refractivity contribution is 5.83. The molecule has 0 bridgehead atoms. The van der Waals surface area contributed by atoms with Crippen LogP contribution in [0.5, 0.6) is 11.5 Å². The minimum atomic E-state index is 0.323. The molecule has 0 fully saturated rings. The molecule has 3 nitrogen and oxygen atoms in total. The Bertz CT molecular complexity index is 796. The average Bonchev–Trinajstić information content (AvgIpc) is 3.03. The molecule has 1 aliphatic carbocycles. The Balaban J connectivity index is 1.86. The lowest BCUT2D eigenvalue weighted by molar-refractivity contribution is 0.174. The first-order chi connectivity index (χ1) is 10.9. The van der Waals surface area contributed by atoms with Crippen LogP contribution in [0.1, 0.15) is 22.7 Å². The largest absolute Gasteiger partial charge is 0.454 e. The van der Waals surface area contributed by atoms with Crippen molar-refractivity contribution >= 4 is 0 Å². The Labute approximate surface area is 129 Å². The molecule has 0 spiro atoms. The molecule has 1 atom stereocenters. The van der Waals surface area contributed by atoms with Gasteiger partial charge in [0.1, 0.15) is 0 Å². The number of hydrogen-bond donors (Lipinski definition) is 0. The summed E-state index contributed by atoms with van der Waals surface area (Å²) in [5, 5.41) is 0. The molecule has 110 valence electrons. The molecule has 0 radical (unpaired) electrons. The second-order valence-corrected chi connectivity index (χ2v) is 6.11. The van der Waals surface area contributed by atoms with E-state index in [-0.39, 0.29) is 0 Å². The zero-order valence-electron chi connectivity index (χ0n) is 12.3. The quantitative estimate of drug-likeness (QED) is 0.800. The van der Waals surface area contributed by atoms with Gasteiger partial charge < -0.3 is 14.4 Å². The Morgan fingerprint density at radius 2 is 2.09 bits per heavy atom. The number of rotatable bonds is 1. The van der Waals surface area contributed by atoms with Crippen molar-refractivity contribution in [1.82, 2.24) is 4.90 Å². The fraction of sp³-hybridized carbons (Fsp3) is 0.263. The molecule has 0 saturated heterocycles. The first-order valence-corrected chi connectivity index (χ1v) is 7.79. The van der Waals surface area contributed by atoms with Gasteiger partial charge in [-0.3, -0.25) is 0 Å². The van der Waals surface area contributed by atoms with E-state index in [0.717, 1.165) is 30.9 Å². The first-order valence-electron chi connectivity index (χ1n) is 7.79. The van der Waals surface area contributed by atoms with Gasteiger partial charge in [-0.25, -0.2) is 0 Å². The third kappa shape index (κ3) is 1.46. The Morgan fingerprint density at radius 1 is 1.18 bits per heavy atom. The molecule has 2 aliphatic heterocycles. The van der Waals surface area contributed by atoms with Gasteiger partial charge in [-0.15, -0.1) is 0 Å². The lowest BCUT2D eigenvalue weighted by Gasteiger charge is -2.41. The topological polar surface area (TPSA) is 21.7 Å². The summed E-state index contributed by atoms with van der Waals surface area (Å²) < 4.78 is 11.5. The molecular formula is C19H17NO2. The minimum absolute atomic E-state index is 0.323. The highest BCUT2D eigenvalue weighted by Crippen LogP contribution is 2.53. The monoisotopic (exact) mass is 291 g/mol. The van der Waals surface area contributed by atoms with E-state index in [2.05, 4.69) is 41.8 Å². The zero-order valence-corrected chi connectivity index (χ0v) is 12.3. The number of fused-ring (bicyclic) bond motifs is 4. The summed E-state index contributed by atoms with van der Waals surface area (Å²) in [6.45, 7) is 5.35. The van der Waals surface area contributed by atoms with Gasteiger partial charge in [0, 0.05) is 12.1 Å². The Morgan fingerprint density at radius 3 is 3.00 bits per heavy atom. The Kier molecular flexibility index (Phi) is 2.37. The molecule has 2 aromatic rings. The van der Waals surface area contributed by atoms with Crippen LogP contribution in [0.4, 0.5) is 0 Å². The lowest BCUT2D eigenvalue weighted by atomic mass is 9.76. The van der Waals surface area contributed by atoms with E-state index in [9.17, 15) is 0 Å². The van der Waals surface area contributed by atoms with Crippen LogP contribution >= 0.6 is 0 Å². The maximum Gasteiger partial charge on any atom is 0.231 e. The van der Waals surface area contributed by atoms with E-state index < -0.39 is 0 Å². The fourth-order valence-electron chi connectivity index (χ4n) is 4.12. The molecule has 0 amide bonds. The van der Waals surface area contributed by atoms with E-state index in [1.165, 1.54) is 27.8 Å². The molecule has 0 saturated carbocycles. The SMILES string of the molecule is C=CN1CCc2cc3c(c4c2C1Cc1ccccc1-4)OCO3. The highest BCUT2D eigenvalue weighted by Gasteiger charge is 2.37. The van der Waals surface area contributed by atoms with Crippen LogP contribution < -0.4 is 9.47 Å². The summed E-state index contributed by atoms with van der Waals surface area (Å²) in [6.07, 6.45) is 4.04. The van der Waals surface area contributed by atoms with Crippen molar-refractivity contribution in [3.05, 3.63) is 59.8 Å². The highest BCUT2D eigenvalue weighted by atomic mass is 16.7. The van der Waals surface area contributed by atoms with E-state index in [4.69, 9.17) is 9.47 Å². The maximum atomic E-state index is 5.83. The second-order valence-electron chi connectivity index (χ2n) is 6.11. The van der Waals surface area contributed by atoms with Gasteiger partial charge in [0.15, 0.2) is 11.5 Å². The predicted molar refractivity (Wildman–Crippen MR) is 85.1 cm³/mol. The van der Waals surface area contributed by atoms with Crippen LogP contribution in [-0.2, 0) is 12.8 Å². The number of nitrogens with zero attached hydrogens (tertiary/aromatic N) is 1. The number of hydrogen-bond acceptors (Lipinski definition) is 3. The summed E-state index contributed by atoms with van der Waals surface area (Å²) >= 11 is 0. The van der Waals surface area contributed by atoms with E-state index in [0.29, 0.717) is 12.8 Å². The molecule has 5 rings (SSSR count). The van der Waals surface area contributed by atoms with Crippen LogP contribution in [0.3, 0.4) is 0 Å². The average molecular weight is 291 g/mol. The Hall–Kier alpha value is -2.42. The lowest BCUT2D eigenvalue weighted by Crippen LogP contribution is -2.34. The molecule has 22 heavy (non-hydrogen) atoms. The molecule has 0 aromatic heterocycles. The number of benzene rings is 2. The van der Waals surface area contributed by atoms with Gasteiger partial charge in [0.05, 0.1) is 6.04 Å². The smallest absolute Gasteiger partial charge is 0.231 e. The standard InChI is InChI=1S/C19H17NO2/c1-2-20-8-7-13-10-16-19(22-11-21-16)18-14-6-4-3-5-12(14)9-15(20)17(13)18/h2-6,10,15H,1,7-9,11H2. The van der Waals surface area contributed by atoms with Crippen molar-refractivity contribution < 1.29 is 9.47 Å². The zero-order chi connectivity index (χ0) is 14.7. The molecule has 2 aromatic carbocycles. The third-order valence-electron chi connectivity index (χ3n) is 5.10. The van der Waals surface area contributed by atoms with Crippen LogP contribution in [0.15, 0.2) is 43.1 Å². The van der Waals surface area contributed by atoms with Crippen molar-refractivity contribution in [3.8, 4) is 22.6 Å². The van der Waals surface area contributed by atoms with Crippen LogP contribution in [-0.4, -0.2) is 18.2 Å². The summed E-state index contributed by atoms with van der Waals surface area (Å²) in [7, 11) is 0. The molecule has 3 aliphatic rings. The third-order valence-corrected chi connectivity index (χ3v) is 5.10. The van der Waals surface area contributed by atoms with E-state index in [1.54, 1.807) is 0 Å². The fourth-order valence-corrected chi connectivity index (χ4v) is 4.12. The normalized spacial score (nSPS) is 20.4. The molecule has 1 unspecified atom stereocenters. The summed E-state index contributed by atoms with van der Waals surface area (Å²) in [4.78, 5) is 2.37. The summed E-state index contributed by atoms with van der Waals surface area (Å²) in [6, 6.07) is 11.2. The minimum Gasteiger partial charge on any atom is -0.454 e. The van der Waals surface area contributed by atoms with Crippen LogP contribution in [0.25, 0.3) is 11.1 Å². The summed E-state index contributed by atoms with van der Waals surface area (Å²) in [5.41, 5.74) is 6.72. The van der Waals surface area contributed by atoms with Gasteiger partial charge in [-0.05, 0) is 47.4 Å². The van der Waals surface area contributed by atoms with Crippen molar-refractivity contribution in [1.29, 1.82) is 0 Å². The van der Waals surface area contributed by atoms with Gasteiger partial charge in [0.2, 0.25) is 6.79 Å². The van der Waals surface area contributed by atoms with Crippen molar-refractivity contribution in [3.63, 3.8) is 0 Å². The summed E-state index contributed by atoms with van der Waals surface area (Å²) in [5.74, 6) is 1.82. The van der Waals surface area contributed by atoms with Gasteiger partial charge in [0.25, 0.3) is 0 Å². The predicted octanol–water partition coefficient (Wildman–Crippen LogP) is 3.68. The van der Waals surface area contributed by atoms with E-state index >= 15 is 0 Å². The molecule has 3 heteroatoms. The van der Waals surface area contributed by atoms with Gasteiger partial charge >= 0.3 is 0 Å². The number of ether oxygens (including phenoxy) is 2. The van der Waals surface area contributed by atoms with Crippen molar-refractivity contribution in [2.45, 2.75) is 18.9 Å². The van der Waals surface area contributed by atoms with E-state index in [1.807, 2.05) is 6.20 Å². The molecular weight excluding hydrogens is 274 g/mol. The second kappa shape index (κ2) is 4.29.